The number of rotatable bonds is 6. The number of carbonyl (C=O) groups excluding carboxylic acids is 2. The molecular formula is C15H18N2O3. The number of benzene rings is 1. The van der Waals surface area contributed by atoms with Gasteiger partial charge in [0, 0.05) is 24.2 Å². The van der Waals surface area contributed by atoms with Crippen molar-refractivity contribution in [2.75, 3.05) is 18.5 Å². The summed E-state index contributed by atoms with van der Waals surface area (Å²) in [5.74, 6) is -0.0831. The Morgan fingerprint density at radius 3 is 3.10 bits per heavy atom. The van der Waals surface area contributed by atoms with E-state index in [4.69, 9.17) is 4.74 Å². The topological polar surface area (TPSA) is 67.4 Å². The van der Waals surface area contributed by atoms with Crippen LogP contribution in [0.15, 0.2) is 31.0 Å². The van der Waals surface area contributed by atoms with Gasteiger partial charge in [0.1, 0.15) is 0 Å². The van der Waals surface area contributed by atoms with Crippen LogP contribution in [-0.4, -0.2) is 25.0 Å². The Morgan fingerprint density at radius 2 is 2.30 bits per heavy atom. The molecule has 0 aliphatic carbocycles. The second-order valence-corrected chi connectivity index (χ2v) is 4.57. The van der Waals surface area contributed by atoms with Crippen LogP contribution >= 0.6 is 0 Å². The van der Waals surface area contributed by atoms with Crippen LogP contribution in [0.1, 0.15) is 28.8 Å². The minimum atomic E-state index is -0.108. The molecule has 5 heteroatoms. The van der Waals surface area contributed by atoms with E-state index >= 15 is 0 Å². The first-order valence-electron chi connectivity index (χ1n) is 6.64. The summed E-state index contributed by atoms with van der Waals surface area (Å²) in [6.07, 6.45) is 3.27. The van der Waals surface area contributed by atoms with Crippen molar-refractivity contribution in [3.8, 4) is 0 Å². The number of amides is 2. The Bertz CT molecular complexity index is 526. The molecule has 0 spiro atoms. The standard InChI is InChI=1S/C15H18N2O3/c1-2-20-9-3-8-16-15(19)12-4-6-13-11(10-12)5-7-14(18)17-13/h2,4,6,10H,1,3,5,7-9H2,(H,16,19)(H,17,18). The lowest BCUT2D eigenvalue weighted by Crippen LogP contribution is -2.26. The maximum atomic E-state index is 12.0. The van der Waals surface area contributed by atoms with Gasteiger partial charge in [-0.25, -0.2) is 0 Å². The van der Waals surface area contributed by atoms with Gasteiger partial charge in [0.25, 0.3) is 5.91 Å². The highest BCUT2D eigenvalue weighted by Gasteiger charge is 2.16. The molecule has 0 bridgehead atoms. The molecule has 1 heterocycles. The summed E-state index contributed by atoms with van der Waals surface area (Å²) in [5, 5.41) is 5.63. The molecule has 0 aromatic heterocycles. The van der Waals surface area contributed by atoms with Crippen molar-refractivity contribution in [2.45, 2.75) is 19.3 Å². The Labute approximate surface area is 118 Å². The lowest BCUT2D eigenvalue weighted by molar-refractivity contribution is -0.116. The van der Waals surface area contributed by atoms with E-state index in [0.29, 0.717) is 31.6 Å². The first-order valence-corrected chi connectivity index (χ1v) is 6.64. The van der Waals surface area contributed by atoms with Gasteiger partial charge in [0.05, 0.1) is 12.9 Å². The molecule has 1 aromatic rings. The Hall–Kier alpha value is -2.30. The highest BCUT2D eigenvalue weighted by atomic mass is 16.5. The summed E-state index contributed by atoms with van der Waals surface area (Å²) >= 11 is 0. The van der Waals surface area contributed by atoms with Crippen molar-refractivity contribution in [3.63, 3.8) is 0 Å². The third-order valence-electron chi connectivity index (χ3n) is 3.11. The van der Waals surface area contributed by atoms with Crippen LogP contribution in [0.5, 0.6) is 0 Å². The van der Waals surface area contributed by atoms with Crippen LogP contribution in [0, 0.1) is 0 Å². The number of carbonyl (C=O) groups is 2. The molecule has 0 saturated carbocycles. The lowest BCUT2D eigenvalue weighted by atomic mass is 10.00. The van der Waals surface area contributed by atoms with E-state index in [1.54, 1.807) is 12.1 Å². The largest absolute Gasteiger partial charge is 0.502 e. The van der Waals surface area contributed by atoms with Crippen LogP contribution in [0.4, 0.5) is 5.69 Å². The minimum Gasteiger partial charge on any atom is -0.502 e. The lowest BCUT2D eigenvalue weighted by Gasteiger charge is -2.17. The van der Waals surface area contributed by atoms with E-state index in [1.807, 2.05) is 6.07 Å². The van der Waals surface area contributed by atoms with E-state index in [-0.39, 0.29) is 11.8 Å². The number of anilines is 1. The highest BCUT2D eigenvalue weighted by molar-refractivity contribution is 5.97. The molecule has 5 nitrogen and oxygen atoms in total. The molecule has 2 amide bonds. The molecule has 20 heavy (non-hydrogen) atoms. The van der Waals surface area contributed by atoms with Gasteiger partial charge < -0.3 is 15.4 Å². The predicted molar refractivity (Wildman–Crippen MR) is 76.5 cm³/mol. The van der Waals surface area contributed by atoms with Crippen LogP contribution in [0.2, 0.25) is 0 Å². The van der Waals surface area contributed by atoms with Gasteiger partial charge in [-0.15, -0.1) is 0 Å². The maximum Gasteiger partial charge on any atom is 0.251 e. The van der Waals surface area contributed by atoms with Gasteiger partial charge in [-0.2, -0.15) is 0 Å². The number of aryl methyl sites for hydroxylation is 1. The van der Waals surface area contributed by atoms with E-state index in [1.165, 1.54) is 6.26 Å². The average molecular weight is 274 g/mol. The zero-order valence-corrected chi connectivity index (χ0v) is 11.3. The van der Waals surface area contributed by atoms with E-state index in [9.17, 15) is 9.59 Å². The minimum absolute atomic E-state index is 0.0249. The van der Waals surface area contributed by atoms with E-state index in [0.717, 1.165) is 17.7 Å². The first-order chi connectivity index (χ1) is 9.70. The molecule has 1 aliphatic rings. The number of nitrogens with one attached hydrogen (secondary N) is 2. The van der Waals surface area contributed by atoms with Gasteiger partial charge in [0.15, 0.2) is 0 Å². The molecular weight excluding hydrogens is 256 g/mol. The van der Waals surface area contributed by atoms with E-state index in [2.05, 4.69) is 17.2 Å². The van der Waals surface area contributed by atoms with Gasteiger partial charge in [-0.3, -0.25) is 9.59 Å². The molecule has 1 aliphatic heterocycles. The molecule has 0 radical (unpaired) electrons. The fraction of sp³-hybridized carbons (Fsp3) is 0.333. The van der Waals surface area contributed by atoms with Gasteiger partial charge in [-0.1, -0.05) is 6.58 Å². The SMILES string of the molecule is C=COCCCNC(=O)c1ccc2c(c1)CCC(=O)N2. The molecule has 0 saturated heterocycles. The smallest absolute Gasteiger partial charge is 0.251 e. The summed E-state index contributed by atoms with van der Waals surface area (Å²) in [6.45, 7) is 4.55. The van der Waals surface area contributed by atoms with Crippen LogP contribution < -0.4 is 10.6 Å². The summed E-state index contributed by atoms with van der Waals surface area (Å²) in [7, 11) is 0. The second-order valence-electron chi connectivity index (χ2n) is 4.57. The summed E-state index contributed by atoms with van der Waals surface area (Å²) in [5.41, 5.74) is 2.42. The van der Waals surface area contributed by atoms with Crippen molar-refractivity contribution >= 4 is 17.5 Å². The number of ether oxygens (including phenoxy) is 1. The first kappa shape index (κ1) is 14.1. The molecule has 2 rings (SSSR count). The van der Waals surface area contributed by atoms with Crippen LogP contribution in [0.3, 0.4) is 0 Å². The molecule has 0 atom stereocenters. The molecule has 1 aromatic carbocycles. The highest BCUT2D eigenvalue weighted by Crippen LogP contribution is 2.23. The zero-order valence-electron chi connectivity index (χ0n) is 11.3. The average Bonchev–Trinajstić information content (AvgIpc) is 2.46. The molecule has 0 unspecified atom stereocenters. The quantitative estimate of drug-likeness (QED) is 0.614. The second kappa shape index (κ2) is 6.75. The summed E-state index contributed by atoms with van der Waals surface area (Å²) < 4.78 is 4.98. The fourth-order valence-corrected chi connectivity index (χ4v) is 2.07. The number of hydrogen-bond acceptors (Lipinski definition) is 3. The third-order valence-corrected chi connectivity index (χ3v) is 3.11. The normalized spacial score (nSPS) is 13.1. The predicted octanol–water partition coefficient (Wildman–Crippen LogP) is 1.85. The van der Waals surface area contributed by atoms with Gasteiger partial charge in [0.2, 0.25) is 5.91 Å². The number of hydrogen-bond donors (Lipinski definition) is 2. The Kier molecular flexibility index (Phi) is 4.76. The van der Waals surface area contributed by atoms with Crippen molar-refractivity contribution in [2.24, 2.45) is 0 Å². The molecule has 2 N–H and O–H groups in total. The van der Waals surface area contributed by atoms with Crippen LogP contribution in [-0.2, 0) is 16.0 Å². The summed E-state index contributed by atoms with van der Waals surface area (Å²) in [6, 6.07) is 5.34. The number of fused-ring (bicyclic) bond motifs is 1. The van der Waals surface area contributed by atoms with Crippen molar-refractivity contribution in [1.29, 1.82) is 0 Å². The molecule has 106 valence electrons. The summed E-state index contributed by atoms with van der Waals surface area (Å²) in [4.78, 5) is 23.2. The third kappa shape index (κ3) is 3.60. The maximum absolute atomic E-state index is 12.0. The fourth-order valence-electron chi connectivity index (χ4n) is 2.07. The monoisotopic (exact) mass is 274 g/mol. The van der Waals surface area contributed by atoms with Crippen molar-refractivity contribution in [1.82, 2.24) is 5.32 Å². The van der Waals surface area contributed by atoms with Gasteiger partial charge >= 0.3 is 0 Å². The van der Waals surface area contributed by atoms with Crippen molar-refractivity contribution < 1.29 is 14.3 Å². The Morgan fingerprint density at radius 1 is 1.45 bits per heavy atom. The van der Waals surface area contributed by atoms with Crippen LogP contribution in [0.25, 0.3) is 0 Å². The zero-order chi connectivity index (χ0) is 14.4. The Balaban J connectivity index is 1.90. The molecule has 0 fully saturated rings. The van der Waals surface area contributed by atoms with Gasteiger partial charge in [-0.05, 0) is 36.6 Å². The van der Waals surface area contributed by atoms with E-state index < -0.39 is 0 Å². The van der Waals surface area contributed by atoms with Crippen molar-refractivity contribution in [3.05, 3.63) is 42.2 Å².